The van der Waals surface area contributed by atoms with Crippen LogP contribution >= 0.6 is 11.6 Å². The smallest absolute Gasteiger partial charge is 0.244 e. The fourth-order valence-corrected chi connectivity index (χ4v) is 3.32. The third-order valence-corrected chi connectivity index (χ3v) is 5.30. The molecular weight excluding hydrogens is 298 g/mol. The molecule has 1 aromatic rings. The van der Waals surface area contributed by atoms with Gasteiger partial charge in [0.25, 0.3) is 0 Å². The van der Waals surface area contributed by atoms with Gasteiger partial charge in [0.05, 0.1) is 11.6 Å². The molecule has 0 spiro atoms. The molecule has 6 heteroatoms. The number of aliphatic hydroxyl groups is 1. The van der Waals surface area contributed by atoms with Crippen LogP contribution < -0.4 is 0 Å². The number of halogens is 1. The van der Waals surface area contributed by atoms with Gasteiger partial charge in [-0.15, -0.1) is 0 Å². The van der Waals surface area contributed by atoms with Crippen LogP contribution in [0.5, 0.6) is 0 Å². The molecule has 0 aliphatic carbocycles. The number of hydrogen-bond acceptors (Lipinski definition) is 3. The highest BCUT2D eigenvalue weighted by Gasteiger charge is 2.25. The Balaban J connectivity index is 3.15. The van der Waals surface area contributed by atoms with Gasteiger partial charge in [-0.25, -0.2) is 8.42 Å². The molecule has 0 aliphatic heterocycles. The van der Waals surface area contributed by atoms with Crippen molar-refractivity contribution in [2.45, 2.75) is 31.2 Å². The molecule has 0 aromatic heterocycles. The Kier molecular flexibility index (Phi) is 6.03. The topological polar surface area (TPSA) is 57.6 Å². The van der Waals surface area contributed by atoms with Crippen molar-refractivity contribution in [2.75, 3.05) is 13.7 Å². The lowest BCUT2D eigenvalue weighted by atomic mass is 10.2. The number of sulfonamides is 1. The second-order valence-electron chi connectivity index (χ2n) is 4.54. The van der Waals surface area contributed by atoms with Gasteiger partial charge in [-0.1, -0.05) is 23.4 Å². The molecule has 0 saturated heterocycles. The van der Waals surface area contributed by atoms with Gasteiger partial charge in [0.15, 0.2) is 0 Å². The predicted molar refractivity (Wildman–Crippen MR) is 80.1 cm³/mol. The summed E-state index contributed by atoms with van der Waals surface area (Å²) in [7, 11) is -2.08. The van der Waals surface area contributed by atoms with Gasteiger partial charge in [-0.2, -0.15) is 4.31 Å². The lowest BCUT2D eigenvalue weighted by molar-refractivity contribution is 0.305. The van der Waals surface area contributed by atoms with Crippen LogP contribution in [0.3, 0.4) is 0 Å². The SMILES string of the molecule is CC(C)N(C)S(=O)(=O)c1ccc(C#CCCO)cc1Cl. The Morgan fingerprint density at radius 2 is 2.05 bits per heavy atom. The highest BCUT2D eigenvalue weighted by atomic mass is 35.5. The summed E-state index contributed by atoms with van der Waals surface area (Å²) in [5, 5.41) is 8.80. The number of nitrogens with zero attached hydrogens (tertiary/aromatic N) is 1. The molecule has 0 fully saturated rings. The normalized spacial score (nSPS) is 11.6. The summed E-state index contributed by atoms with van der Waals surface area (Å²) in [6.07, 6.45) is 0.369. The van der Waals surface area contributed by atoms with Crippen molar-refractivity contribution in [3.8, 4) is 11.8 Å². The standard InChI is InChI=1S/C14H18ClNO3S/c1-11(2)16(3)20(18,19)14-8-7-12(10-13(14)15)6-4-5-9-17/h7-8,10-11,17H,5,9H2,1-3H3. The van der Waals surface area contributed by atoms with Gasteiger partial charge in [-0.05, 0) is 32.0 Å². The van der Waals surface area contributed by atoms with E-state index in [4.69, 9.17) is 16.7 Å². The van der Waals surface area contributed by atoms with E-state index in [2.05, 4.69) is 11.8 Å². The summed E-state index contributed by atoms with van der Waals surface area (Å²) in [5.41, 5.74) is 0.620. The number of hydrogen-bond donors (Lipinski definition) is 1. The van der Waals surface area contributed by atoms with E-state index in [1.165, 1.54) is 23.5 Å². The first-order valence-electron chi connectivity index (χ1n) is 6.18. The zero-order valence-electron chi connectivity index (χ0n) is 11.7. The summed E-state index contributed by atoms with van der Waals surface area (Å²) in [4.78, 5) is 0.0723. The van der Waals surface area contributed by atoms with Crippen molar-refractivity contribution in [1.29, 1.82) is 0 Å². The average Bonchev–Trinajstić information content (AvgIpc) is 2.37. The second-order valence-corrected chi connectivity index (χ2v) is 6.91. The fraction of sp³-hybridized carbons (Fsp3) is 0.429. The van der Waals surface area contributed by atoms with Gasteiger partial charge in [0, 0.05) is 25.1 Å². The van der Waals surface area contributed by atoms with E-state index in [1.807, 2.05) is 0 Å². The lowest BCUT2D eigenvalue weighted by Gasteiger charge is -2.21. The molecule has 0 bridgehead atoms. The predicted octanol–water partition coefficient (Wildman–Crippen LogP) is 2.10. The maximum absolute atomic E-state index is 12.3. The molecule has 1 aromatic carbocycles. The number of rotatable bonds is 4. The summed E-state index contributed by atoms with van der Waals surface area (Å²) in [6, 6.07) is 4.43. The summed E-state index contributed by atoms with van der Waals surface area (Å²) in [6.45, 7) is 3.58. The molecule has 0 atom stereocenters. The zero-order valence-corrected chi connectivity index (χ0v) is 13.3. The van der Waals surface area contributed by atoms with E-state index in [1.54, 1.807) is 19.9 Å². The van der Waals surface area contributed by atoms with Crippen LogP contribution in [0.4, 0.5) is 0 Å². The minimum Gasteiger partial charge on any atom is -0.395 e. The van der Waals surface area contributed by atoms with Crippen LogP contribution in [0.1, 0.15) is 25.8 Å². The molecule has 1 rings (SSSR count). The van der Waals surface area contributed by atoms with Crippen molar-refractivity contribution in [2.24, 2.45) is 0 Å². The summed E-state index contributed by atoms with van der Waals surface area (Å²) < 4.78 is 25.9. The van der Waals surface area contributed by atoms with Gasteiger partial charge in [0.2, 0.25) is 10.0 Å². The monoisotopic (exact) mass is 315 g/mol. The molecule has 20 heavy (non-hydrogen) atoms. The average molecular weight is 316 g/mol. The van der Waals surface area contributed by atoms with E-state index < -0.39 is 10.0 Å². The first-order valence-corrected chi connectivity index (χ1v) is 7.99. The van der Waals surface area contributed by atoms with E-state index in [-0.39, 0.29) is 22.6 Å². The molecule has 110 valence electrons. The largest absolute Gasteiger partial charge is 0.395 e. The maximum atomic E-state index is 12.3. The van der Waals surface area contributed by atoms with Crippen molar-refractivity contribution in [3.63, 3.8) is 0 Å². The van der Waals surface area contributed by atoms with Gasteiger partial charge in [0.1, 0.15) is 4.90 Å². The van der Waals surface area contributed by atoms with Crippen LogP contribution in [-0.2, 0) is 10.0 Å². The van der Waals surface area contributed by atoms with E-state index >= 15 is 0 Å². The highest BCUT2D eigenvalue weighted by molar-refractivity contribution is 7.89. The van der Waals surface area contributed by atoms with E-state index in [0.29, 0.717) is 12.0 Å². The Morgan fingerprint density at radius 1 is 1.40 bits per heavy atom. The van der Waals surface area contributed by atoms with Crippen molar-refractivity contribution >= 4 is 21.6 Å². The Labute approximate surface area is 125 Å². The van der Waals surface area contributed by atoms with Crippen LogP contribution in [0.15, 0.2) is 23.1 Å². The molecule has 0 unspecified atom stereocenters. The molecule has 0 radical (unpaired) electrons. The van der Waals surface area contributed by atoms with Crippen LogP contribution in [0, 0.1) is 11.8 Å². The molecule has 4 nitrogen and oxygen atoms in total. The van der Waals surface area contributed by atoms with Crippen LogP contribution in [-0.4, -0.2) is 37.5 Å². The van der Waals surface area contributed by atoms with Crippen molar-refractivity contribution in [1.82, 2.24) is 4.31 Å². The zero-order chi connectivity index (χ0) is 15.3. The molecule has 1 N–H and O–H groups in total. The minimum absolute atomic E-state index is 0.00756. The molecule has 0 heterocycles. The van der Waals surface area contributed by atoms with E-state index in [9.17, 15) is 8.42 Å². The van der Waals surface area contributed by atoms with Crippen molar-refractivity contribution < 1.29 is 13.5 Å². The third-order valence-electron chi connectivity index (χ3n) is 2.79. The number of benzene rings is 1. The first-order chi connectivity index (χ1) is 9.30. The molecule has 0 aliphatic rings. The Morgan fingerprint density at radius 3 is 2.55 bits per heavy atom. The summed E-state index contributed by atoms with van der Waals surface area (Å²) >= 11 is 6.05. The molecule has 0 amide bonds. The fourth-order valence-electron chi connectivity index (χ4n) is 1.44. The van der Waals surface area contributed by atoms with Gasteiger partial charge in [-0.3, -0.25) is 0 Å². The van der Waals surface area contributed by atoms with Crippen LogP contribution in [0.25, 0.3) is 0 Å². The van der Waals surface area contributed by atoms with Gasteiger partial charge < -0.3 is 5.11 Å². The first kappa shape index (κ1) is 17.0. The summed E-state index contributed by atoms with van der Waals surface area (Å²) in [5.74, 6) is 5.57. The second kappa shape index (κ2) is 7.09. The molecular formula is C14H18ClNO3S. The maximum Gasteiger partial charge on any atom is 0.244 e. The van der Waals surface area contributed by atoms with E-state index in [0.717, 1.165) is 0 Å². The number of aliphatic hydroxyl groups excluding tert-OH is 1. The quantitative estimate of drug-likeness (QED) is 0.866. The lowest BCUT2D eigenvalue weighted by Crippen LogP contribution is -2.33. The Bertz CT molecular complexity index is 630. The third kappa shape index (κ3) is 3.97. The minimum atomic E-state index is -3.60. The highest BCUT2D eigenvalue weighted by Crippen LogP contribution is 2.25. The molecule has 0 saturated carbocycles. The van der Waals surface area contributed by atoms with Crippen LogP contribution in [0.2, 0.25) is 5.02 Å². The van der Waals surface area contributed by atoms with Gasteiger partial charge >= 0.3 is 0 Å². The van der Waals surface area contributed by atoms with Crippen molar-refractivity contribution in [3.05, 3.63) is 28.8 Å². The Hall–Kier alpha value is -1.06.